The Bertz CT molecular complexity index is 821. The fourth-order valence-electron chi connectivity index (χ4n) is 2.31. The van der Waals surface area contributed by atoms with E-state index in [2.05, 4.69) is 22.1 Å². The van der Waals surface area contributed by atoms with Crippen molar-refractivity contribution in [2.24, 2.45) is 0 Å². The molecule has 26 heavy (non-hydrogen) atoms. The van der Waals surface area contributed by atoms with Crippen LogP contribution < -0.4 is 9.47 Å². The fourth-order valence-corrected chi connectivity index (χ4v) is 3.19. The molecule has 0 amide bonds. The van der Waals surface area contributed by atoms with Gasteiger partial charge in [-0.15, -0.1) is 0 Å². The number of hydrogen-bond donors (Lipinski definition) is 0. The van der Waals surface area contributed by atoms with Crippen molar-refractivity contribution < 1.29 is 14.2 Å². The average Bonchev–Trinajstić information content (AvgIpc) is 2.69. The summed E-state index contributed by atoms with van der Waals surface area (Å²) in [7, 11) is 3.14. The van der Waals surface area contributed by atoms with Crippen molar-refractivity contribution in [2.45, 2.75) is 23.3 Å². The predicted octanol–water partition coefficient (Wildman–Crippen LogP) is 4.36. The lowest BCUT2D eigenvalue weighted by Crippen LogP contribution is -1.98. The largest absolute Gasteiger partial charge is 0.481 e. The number of nitrogens with zero attached hydrogens (tertiary/aromatic N) is 2. The molecule has 0 unspecified atom stereocenters. The van der Waals surface area contributed by atoms with Crippen LogP contribution in [0.4, 0.5) is 0 Å². The molecule has 3 aromatic rings. The van der Waals surface area contributed by atoms with Crippen molar-refractivity contribution in [3.8, 4) is 11.8 Å². The van der Waals surface area contributed by atoms with Crippen molar-refractivity contribution in [3.05, 3.63) is 71.8 Å². The molecule has 6 heteroatoms. The molecule has 0 bridgehead atoms. The second-order valence-electron chi connectivity index (χ2n) is 5.42. The van der Waals surface area contributed by atoms with Crippen LogP contribution in [0.1, 0.15) is 11.1 Å². The van der Waals surface area contributed by atoms with Gasteiger partial charge in [-0.05, 0) is 29.0 Å². The summed E-state index contributed by atoms with van der Waals surface area (Å²) in [5, 5.41) is 0.566. The molecule has 1 heterocycles. The van der Waals surface area contributed by atoms with Crippen LogP contribution in [0.15, 0.2) is 70.7 Å². The van der Waals surface area contributed by atoms with E-state index in [1.165, 1.54) is 11.8 Å². The molecule has 0 atom stereocenters. The van der Waals surface area contributed by atoms with E-state index in [0.717, 1.165) is 16.0 Å². The van der Waals surface area contributed by atoms with Crippen LogP contribution in [0.2, 0.25) is 0 Å². The van der Waals surface area contributed by atoms with Gasteiger partial charge in [-0.1, -0.05) is 48.5 Å². The van der Waals surface area contributed by atoms with Gasteiger partial charge in [0.1, 0.15) is 0 Å². The summed E-state index contributed by atoms with van der Waals surface area (Å²) in [6, 6.07) is 19.8. The standard InChI is InChI=1S/C20H20N2O3S/c1-23-18-12-19(24-2)22-20(21-18)26-17-11-7-6-10-16(17)14-25-13-15-8-4-3-5-9-15/h3-12H,13-14H2,1-2H3. The second-order valence-corrected chi connectivity index (χ2v) is 6.43. The SMILES string of the molecule is COc1cc(OC)nc(Sc2ccccc2COCc2ccccc2)n1. The molecule has 3 rings (SSSR count). The van der Waals surface area contributed by atoms with Crippen LogP contribution in [0.3, 0.4) is 0 Å². The lowest BCUT2D eigenvalue weighted by Gasteiger charge is -2.10. The highest BCUT2D eigenvalue weighted by Crippen LogP contribution is 2.31. The van der Waals surface area contributed by atoms with Crippen LogP contribution in [0, 0.1) is 0 Å². The minimum absolute atomic E-state index is 0.470. The maximum Gasteiger partial charge on any atom is 0.220 e. The van der Waals surface area contributed by atoms with E-state index in [1.807, 2.05) is 42.5 Å². The normalized spacial score (nSPS) is 10.5. The number of ether oxygens (including phenoxy) is 3. The smallest absolute Gasteiger partial charge is 0.220 e. The van der Waals surface area contributed by atoms with E-state index in [9.17, 15) is 0 Å². The van der Waals surface area contributed by atoms with E-state index >= 15 is 0 Å². The summed E-state index contributed by atoms with van der Waals surface area (Å²) in [6.45, 7) is 1.09. The van der Waals surface area contributed by atoms with Crippen LogP contribution >= 0.6 is 11.8 Å². The molecule has 1 aromatic heterocycles. The molecule has 0 saturated carbocycles. The molecule has 0 aliphatic rings. The van der Waals surface area contributed by atoms with Gasteiger partial charge in [-0.25, -0.2) is 0 Å². The lowest BCUT2D eigenvalue weighted by atomic mass is 10.2. The van der Waals surface area contributed by atoms with Gasteiger partial charge in [0.15, 0.2) is 5.16 Å². The van der Waals surface area contributed by atoms with Crippen molar-refractivity contribution in [1.82, 2.24) is 9.97 Å². The minimum Gasteiger partial charge on any atom is -0.481 e. The third-order valence-electron chi connectivity index (χ3n) is 3.62. The van der Waals surface area contributed by atoms with Crippen LogP contribution in [-0.4, -0.2) is 24.2 Å². The molecule has 2 aromatic carbocycles. The van der Waals surface area contributed by atoms with Gasteiger partial charge >= 0.3 is 0 Å². The number of aromatic nitrogens is 2. The topological polar surface area (TPSA) is 53.5 Å². The maximum atomic E-state index is 5.87. The molecular formula is C20H20N2O3S. The number of benzene rings is 2. The lowest BCUT2D eigenvalue weighted by molar-refractivity contribution is 0.105. The average molecular weight is 368 g/mol. The Labute approximate surface area is 157 Å². The first-order valence-electron chi connectivity index (χ1n) is 8.13. The zero-order valence-electron chi connectivity index (χ0n) is 14.7. The number of methoxy groups -OCH3 is 2. The van der Waals surface area contributed by atoms with Gasteiger partial charge in [0, 0.05) is 4.90 Å². The van der Waals surface area contributed by atoms with Gasteiger partial charge in [-0.2, -0.15) is 9.97 Å². The zero-order chi connectivity index (χ0) is 18.2. The second kappa shape index (κ2) is 9.22. The van der Waals surface area contributed by atoms with E-state index < -0.39 is 0 Å². The van der Waals surface area contributed by atoms with Gasteiger partial charge in [-0.3, -0.25) is 0 Å². The molecule has 134 valence electrons. The summed E-state index contributed by atoms with van der Waals surface area (Å²) in [6.07, 6.45) is 0. The molecule has 0 spiro atoms. The Morgan fingerprint density at radius 1 is 0.808 bits per heavy atom. The highest BCUT2D eigenvalue weighted by atomic mass is 32.2. The Morgan fingerprint density at radius 2 is 1.46 bits per heavy atom. The molecule has 0 aliphatic heterocycles. The van der Waals surface area contributed by atoms with E-state index in [0.29, 0.717) is 30.1 Å². The molecule has 0 saturated heterocycles. The molecule has 0 N–H and O–H groups in total. The molecule has 0 fully saturated rings. The van der Waals surface area contributed by atoms with Gasteiger partial charge in [0.05, 0.1) is 33.5 Å². The van der Waals surface area contributed by atoms with E-state index in [4.69, 9.17) is 14.2 Å². The fraction of sp³-hybridized carbons (Fsp3) is 0.200. The Balaban J connectivity index is 1.71. The number of hydrogen-bond acceptors (Lipinski definition) is 6. The van der Waals surface area contributed by atoms with Crippen LogP contribution in [0.25, 0.3) is 0 Å². The van der Waals surface area contributed by atoms with Crippen molar-refractivity contribution in [2.75, 3.05) is 14.2 Å². The van der Waals surface area contributed by atoms with Gasteiger partial charge in [0.25, 0.3) is 0 Å². The minimum atomic E-state index is 0.470. The van der Waals surface area contributed by atoms with Gasteiger partial charge < -0.3 is 14.2 Å². The van der Waals surface area contributed by atoms with E-state index in [-0.39, 0.29) is 0 Å². The van der Waals surface area contributed by atoms with Crippen LogP contribution in [-0.2, 0) is 18.0 Å². The Kier molecular flexibility index (Phi) is 6.46. The first-order valence-corrected chi connectivity index (χ1v) is 8.94. The predicted molar refractivity (Wildman–Crippen MR) is 101 cm³/mol. The summed E-state index contributed by atoms with van der Waals surface area (Å²) < 4.78 is 16.3. The third-order valence-corrected chi connectivity index (χ3v) is 4.60. The molecule has 0 aliphatic carbocycles. The molecule has 0 radical (unpaired) electrons. The number of rotatable bonds is 8. The zero-order valence-corrected chi connectivity index (χ0v) is 15.5. The van der Waals surface area contributed by atoms with E-state index in [1.54, 1.807) is 20.3 Å². The molecular weight excluding hydrogens is 348 g/mol. The first kappa shape index (κ1) is 18.2. The highest BCUT2D eigenvalue weighted by Gasteiger charge is 2.10. The van der Waals surface area contributed by atoms with Crippen LogP contribution in [0.5, 0.6) is 11.8 Å². The summed E-state index contributed by atoms with van der Waals surface area (Å²) in [5.74, 6) is 0.939. The first-order chi connectivity index (χ1) is 12.8. The monoisotopic (exact) mass is 368 g/mol. The Morgan fingerprint density at radius 3 is 2.15 bits per heavy atom. The van der Waals surface area contributed by atoms with Gasteiger partial charge in [0.2, 0.25) is 11.8 Å². The maximum absolute atomic E-state index is 5.87. The summed E-state index contributed by atoms with van der Waals surface area (Å²) in [4.78, 5) is 9.78. The quantitative estimate of drug-likeness (QED) is 0.551. The summed E-state index contributed by atoms with van der Waals surface area (Å²) in [5.41, 5.74) is 2.23. The third kappa shape index (κ3) is 4.97. The van der Waals surface area contributed by atoms with Crippen molar-refractivity contribution >= 4 is 11.8 Å². The Hall–Kier alpha value is -2.57. The molecule has 5 nitrogen and oxygen atoms in total. The highest BCUT2D eigenvalue weighted by molar-refractivity contribution is 7.99. The van der Waals surface area contributed by atoms with Crippen molar-refractivity contribution in [3.63, 3.8) is 0 Å². The van der Waals surface area contributed by atoms with Crippen molar-refractivity contribution in [1.29, 1.82) is 0 Å². The summed E-state index contributed by atoms with van der Waals surface area (Å²) >= 11 is 1.46.